The summed E-state index contributed by atoms with van der Waals surface area (Å²) in [5.74, 6) is 1.50. The topological polar surface area (TPSA) is 18.5 Å². The molecule has 4 atom stereocenters. The molecule has 0 aromatic carbocycles. The molecule has 3 saturated heterocycles. The van der Waals surface area contributed by atoms with Crippen molar-refractivity contribution < 1.29 is 0 Å². The number of rotatable bonds is 3. The number of hydrogen-bond donors (Lipinski definition) is 1. The maximum absolute atomic E-state index is 3.81. The van der Waals surface area contributed by atoms with Crippen LogP contribution in [0.5, 0.6) is 0 Å². The van der Waals surface area contributed by atoms with Crippen LogP contribution in [0.1, 0.15) is 47.0 Å². The zero-order valence-electron chi connectivity index (χ0n) is 13.8. The highest BCUT2D eigenvalue weighted by Gasteiger charge is 2.44. The molecule has 3 heteroatoms. The SMILES string of the molecule is CC(C)C1CN(C2CCN3CCCC23)C(C(C)C)CN1. The Balaban J connectivity index is 1.75. The third-order valence-corrected chi connectivity index (χ3v) is 5.99. The van der Waals surface area contributed by atoms with Gasteiger partial charge in [0.1, 0.15) is 0 Å². The zero-order chi connectivity index (χ0) is 14.3. The van der Waals surface area contributed by atoms with E-state index in [0.29, 0.717) is 6.04 Å². The second-order valence-corrected chi connectivity index (χ2v) is 7.87. The summed E-state index contributed by atoms with van der Waals surface area (Å²) in [6.45, 7) is 14.7. The van der Waals surface area contributed by atoms with Crippen LogP contribution in [0, 0.1) is 11.8 Å². The molecule has 3 aliphatic rings. The van der Waals surface area contributed by atoms with Gasteiger partial charge in [0.2, 0.25) is 0 Å². The standard InChI is InChI=1S/C17H33N3/c1-12(2)14-11-20(17(10-18-14)13(3)4)16-7-9-19-8-5-6-15(16)19/h12-18H,5-11H2,1-4H3. The number of nitrogens with one attached hydrogen (secondary N) is 1. The monoisotopic (exact) mass is 279 g/mol. The average Bonchev–Trinajstić information content (AvgIpc) is 3.00. The van der Waals surface area contributed by atoms with E-state index in [2.05, 4.69) is 42.8 Å². The molecule has 3 aliphatic heterocycles. The summed E-state index contributed by atoms with van der Waals surface area (Å²) in [4.78, 5) is 5.66. The molecule has 116 valence electrons. The maximum atomic E-state index is 3.81. The van der Waals surface area contributed by atoms with Crippen LogP contribution in [0.2, 0.25) is 0 Å². The quantitative estimate of drug-likeness (QED) is 0.854. The van der Waals surface area contributed by atoms with Crippen molar-refractivity contribution in [2.45, 2.75) is 71.1 Å². The minimum Gasteiger partial charge on any atom is -0.311 e. The van der Waals surface area contributed by atoms with Gasteiger partial charge in [0, 0.05) is 43.8 Å². The Labute approximate surface area is 125 Å². The lowest BCUT2D eigenvalue weighted by Crippen LogP contribution is -2.63. The highest BCUT2D eigenvalue weighted by Crippen LogP contribution is 2.34. The van der Waals surface area contributed by atoms with Gasteiger partial charge < -0.3 is 5.32 Å². The van der Waals surface area contributed by atoms with Crippen molar-refractivity contribution >= 4 is 0 Å². The van der Waals surface area contributed by atoms with E-state index in [1.165, 1.54) is 45.4 Å². The molecule has 3 rings (SSSR count). The first-order valence-corrected chi connectivity index (χ1v) is 8.81. The van der Waals surface area contributed by atoms with E-state index in [9.17, 15) is 0 Å². The first-order valence-electron chi connectivity index (χ1n) is 8.81. The molecule has 4 unspecified atom stereocenters. The van der Waals surface area contributed by atoms with Crippen LogP contribution in [0.3, 0.4) is 0 Å². The Morgan fingerprint density at radius 1 is 0.950 bits per heavy atom. The second kappa shape index (κ2) is 5.94. The highest BCUT2D eigenvalue weighted by atomic mass is 15.3. The lowest BCUT2D eigenvalue weighted by molar-refractivity contribution is 0.0345. The van der Waals surface area contributed by atoms with Gasteiger partial charge in [-0.1, -0.05) is 27.7 Å². The van der Waals surface area contributed by atoms with Crippen LogP contribution < -0.4 is 5.32 Å². The molecule has 0 aromatic heterocycles. The van der Waals surface area contributed by atoms with Crippen LogP contribution >= 0.6 is 0 Å². The Morgan fingerprint density at radius 2 is 1.75 bits per heavy atom. The number of nitrogens with zero attached hydrogens (tertiary/aromatic N) is 2. The molecule has 3 heterocycles. The van der Waals surface area contributed by atoms with Gasteiger partial charge in [-0.15, -0.1) is 0 Å². The first kappa shape index (κ1) is 14.8. The molecule has 20 heavy (non-hydrogen) atoms. The van der Waals surface area contributed by atoms with Crippen molar-refractivity contribution in [2.75, 3.05) is 26.2 Å². The fraction of sp³-hybridized carbons (Fsp3) is 1.00. The molecular weight excluding hydrogens is 246 g/mol. The first-order chi connectivity index (χ1) is 9.58. The third kappa shape index (κ3) is 2.65. The minimum absolute atomic E-state index is 0.681. The average molecular weight is 279 g/mol. The summed E-state index contributed by atoms with van der Waals surface area (Å²) in [7, 11) is 0. The van der Waals surface area contributed by atoms with E-state index in [1.54, 1.807) is 0 Å². The van der Waals surface area contributed by atoms with Crippen molar-refractivity contribution in [1.82, 2.24) is 15.1 Å². The van der Waals surface area contributed by atoms with E-state index < -0.39 is 0 Å². The van der Waals surface area contributed by atoms with Gasteiger partial charge in [0.25, 0.3) is 0 Å². The van der Waals surface area contributed by atoms with Gasteiger partial charge in [-0.25, -0.2) is 0 Å². The molecule has 0 aliphatic carbocycles. The van der Waals surface area contributed by atoms with Crippen LogP contribution in [0.15, 0.2) is 0 Å². The fourth-order valence-electron chi connectivity index (χ4n) is 4.71. The molecule has 0 bridgehead atoms. The molecule has 0 spiro atoms. The minimum atomic E-state index is 0.681. The van der Waals surface area contributed by atoms with Crippen molar-refractivity contribution in [2.24, 2.45) is 11.8 Å². The van der Waals surface area contributed by atoms with Gasteiger partial charge in [-0.3, -0.25) is 9.80 Å². The predicted octanol–water partition coefficient (Wildman–Crippen LogP) is 2.18. The summed E-state index contributed by atoms with van der Waals surface area (Å²) in [5.41, 5.74) is 0. The van der Waals surface area contributed by atoms with E-state index in [-0.39, 0.29) is 0 Å². The summed E-state index contributed by atoms with van der Waals surface area (Å²) < 4.78 is 0. The van der Waals surface area contributed by atoms with E-state index in [0.717, 1.165) is 30.0 Å². The summed E-state index contributed by atoms with van der Waals surface area (Å²) in [5, 5.41) is 3.81. The number of piperazine rings is 1. The Bertz CT molecular complexity index is 328. The van der Waals surface area contributed by atoms with Gasteiger partial charge in [-0.05, 0) is 37.6 Å². The third-order valence-electron chi connectivity index (χ3n) is 5.99. The summed E-state index contributed by atoms with van der Waals surface area (Å²) >= 11 is 0. The van der Waals surface area contributed by atoms with Crippen LogP contribution in [-0.2, 0) is 0 Å². The Morgan fingerprint density at radius 3 is 2.45 bits per heavy atom. The fourth-order valence-corrected chi connectivity index (χ4v) is 4.71. The van der Waals surface area contributed by atoms with Crippen molar-refractivity contribution in [1.29, 1.82) is 0 Å². The van der Waals surface area contributed by atoms with Crippen LogP contribution in [-0.4, -0.2) is 60.1 Å². The summed E-state index contributed by atoms with van der Waals surface area (Å²) in [6, 6.07) is 3.10. The lowest BCUT2D eigenvalue weighted by Gasteiger charge is -2.48. The molecule has 3 nitrogen and oxygen atoms in total. The highest BCUT2D eigenvalue weighted by molar-refractivity contribution is 5.01. The van der Waals surface area contributed by atoms with Gasteiger partial charge in [-0.2, -0.15) is 0 Å². The lowest BCUT2D eigenvalue weighted by atomic mass is 9.90. The van der Waals surface area contributed by atoms with E-state index in [4.69, 9.17) is 0 Å². The van der Waals surface area contributed by atoms with Crippen LogP contribution in [0.25, 0.3) is 0 Å². The van der Waals surface area contributed by atoms with Crippen molar-refractivity contribution in [3.8, 4) is 0 Å². The molecule has 1 N–H and O–H groups in total. The van der Waals surface area contributed by atoms with Crippen LogP contribution in [0.4, 0.5) is 0 Å². The number of hydrogen-bond acceptors (Lipinski definition) is 3. The molecule has 0 amide bonds. The zero-order valence-corrected chi connectivity index (χ0v) is 13.8. The molecule has 0 aromatic rings. The van der Waals surface area contributed by atoms with Crippen molar-refractivity contribution in [3.63, 3.8) is 0 Å². The Hall–Kier alpha value is -0.120. The van der Waals surface area contributed by atoms with E-state index >= 15 is 0 Å². The summed E-state index contributed by atoms with van der Waals surface area (Å²) in [6.07, 6.45) is 4.26. The maximum Gasteiger partial charge on any atom is 0.0268 e. The van der Waals surface area contributed by atoms with Gasteiger partial charge >= 0.3 is 0 Å². The molecular formula is C17H33N3. The van der Waals surface area contributed by atoms with E-state index in [1.807, 2.05) is 0 Å². The normalized spacial score (nSPS) is 39.9. The van der Waals surface area contributed by atoms with Crippen molar-refractivity contribution in [3.05, 3.63) is 0 Å². The number of fused-ring (bicyclic) bond motifs is 1. The Kier molecular flexibility index (Phi) is 4.40. The smallest absolute Gasteiger partial charge is 0.0268 e. The van der Waals surface area contributed by atoms with Gasteiger partial charge in [0.15, 0.2) is 0 Å². The molecule has 3 fully saturated rings. The predicted molar refractivity (Wildman–Crippen MR) is 85.0 cm³/mol. The largest absolute Gasteiger partial charge is 0.311 e. The van der Waals surface area contributed by atoms with Gasteiger partial charge in [0.05, 0.1) is 0 Å². The molecule has 0 radical (unpaired) electrons. The molecule has 0 saturated carbocycles. The second-order valence-electron chi connectivity index (χ2n) is 7.87.